The van der Waals surface area contributed by atoms with Crippen molar-refractivity contribution in [1.82, 2.24) is 0 Å². The van der Waals surface area contributed by atoms with Gasteiger partial charge in [-0.15, -0.1) is 0 Å². The van der Waals surface area contributed by atoms with Crippen molar-refractivity contribution in [2.75, 3.05) is 14.2 Å². The molecule has 1 aliphatic heterocycles. The van der Waals surface area contributed by atoms with Crippen LogP contribution in [0.1, 0.15) is 19.4 Å². The quantitative estimate of drug-likeness (QED) is 0.523. The monoisotopic (exact) mass is 434 g/mol. The summed E-state index contributed by atoms with van der Waals surface area (Å²) in [7, 11) is 2.44. The molecule has 1 aromatic rings. The van der Waals surface area contributed by atoms with Crippen LogP contribution in [-0.4, -0.2) is 43.2 Å². The van der Waals surface area contributed by atoms with Crippen molar-refractivity contribution in [3.63, 3.8) is 0 Å². The van der Waals surface area contributed by atoms with Gasteiger partial charge in [-0.2, -0.15) is 0 Å². The van der Waals surface area contributed by atoms with E-state index in [1.807, 2.05) is 13.8 Å². The van der Waals surface area contributed by atoms with E-state index in [9.17, 15) is 9.59 Å². The molecule has 8 heteroatoms. The maximum Gasteiger partial charge on any atom is 0.338 e. The van der Waals surface area contributed by atoms with Gasteiger partial charge in [-0.1, -0.05) is 53.5 Å². The summed E-state index contributed by atoms with van der Waals surface area (Å²) in [5, 5.41) is 0.543. The molecule has 0 N–H and O–H groups in total. The first kappa shape index (κ1) is 20.2. The normalized spacial score (nSPS) is 23.3. The van der Waals surface area contributed by atoms with Crippen molar-refractivity contribution in [2.24, 2.45) is 5.92 Å². The lowest BCUT2D eigenvalue weighted by Crippen LogP contribution is -2.41. The Morgan fingerprint density at radius 2 is 1.52 bits per heavy atom. The van der Waals surface area contributed by atoms with Gasteiger partial charge in [-0.3, -0.25) is 0 Å². The van der Waals surface area contributed by atoms with E-state index in [1.165, 1.54) is 14.2 Å². The van der Waals surface area contributed by atoms with E-state index in [1.54, 1.807) is 24.3 Å². The highest BCUT2D eigenvalue weighted by Gasteiger charge is 2.59. The van der Waals surface area contributed by atoms with Gasteiger partial charge in [0.1, 0.15) is 0 Å². The first-order valence-corrected chi connectivity index (χ1v) is 8.97. The summed E-state index contributed by atoms with van der Waals surface area (Å²) in [6.07, 6.45) is -2.49. The Balaban J connectivity index is 2.54. The first-order valence-electron chi connectivity index (χ1n) is 7.68. The molecule has 0 amide bonds. The highest BCUT2D eigenvalue weighted by molar-refractivity contribution is 9.09. The topological polar surface area (TPSA) is 71.1 Å². The molecule has 3 atom stereocenters. The van der Waals surface area contributed by atoms with Gasteiger partial charge in [0.05, 0.1) is 19.0 Å². The molecule has 1 aromatic carbocycles. The third-order valence-electron chi connectivity index (χ3n) is 3.94. The number of ether oxygens (including phenoxy) is 4. The zero-order chi connectivity index (χ0) is 18.8. The first-order chi connectivity index (χ1) is 11.8. The molecular formula is C17H20BrClO6. The number of carbonyl (C=O) groups is 2. The summed E-state index contributed by atoms with van der Waals surface area (Å²) in [4.78, 5) is 23.9. The molecule has 0 bridgehead atoms. The molecule has 1 saturated heterocycles. The van der Waals surface area contributed by atoms with Gasteiger partial charge in [0.25, 0.3) is 0 Å². The van der Waals surface area contributed by atoms with E-state index in [0.717, 1.165) is 0 Å². The lowest BCUT2D eigenvalue weighted by atomic mass is 9.95. The van der Waals surface area contributed by atoms with Gasteiger partial charge in [0.2, 0.25) is 5.79 Å². The molecule has 1 aliphatic rings. The molecule has 0 radical (unpaired) electrons. The molecule has 0 spiro atoms. The van der Waals surface area contributed by atoms with Crippen LogP contribution in [0.4, 0.5) is 0 Å². The van der Waals surface area contributed by atoms with Crippen LogP contribution in [0, 0.1) is 5.92 Å². The standard InChI is InChI=1S/C17H20BrClO6/c1-9(2)14(18)17(10-5-7-11(19)8-6-10)24-12(15(20)22-3)13(25-17)16(21)23-4/h5-9,12-14H,1-4H3/t12-,13-,14?/m1/s1. The molecular weight excluding hydrogens is 416 g/mol. The molecule has 0 aromatic heterocycles. The number of carbonyl (C=O) groups excluding carboxylic acids is 2. The number of benzene rings is 1. The van der Waals surface area contributed by atoms with Gasteiger partial charge in [-0.25, -0.2) is 9.59 Å². The largest absolute Gasteiger partial charge is 0.467 e. The van der Waals surface area contributed by atoms with Crippen molar-refractivity contribution < 1.29 is 28.5 Å². The average molecular weight is 436 g/mol. The Bertz CT molecular complexity index is 609. The van der Waals surface area contributed by atoms with E-state index in [-0.39, 0.29) is 10.7 Å². The van der Waals surface area contributed by atoms with Gasteiger partial charge in [0, 0.05) is 10.6 Å². The summed E-state index contributed by atoms with van der Waals surface area (Å²) in [5.41, 5.74) is 0.618. The van der Waals surface area contributed by atoms with Gasteiger partial charge in [-0.05, 0) is 18.1 Å². The summed E-state index contributed by atoms with van der Waals surface area (Å²) in [6, 6.07) is 6.83. The van der Waals surface area contributed by atoms with Gasteiger partial charge in [0.15, 0.2) is 12.2 Å². The van der Waals surface area contributed by atoms with E-state index < -0.39 is 29.9 Å². The van der Waals surface area contributed by atoms with Gasteiger partial charge >= 0.3 is 11.9 Å². The number of hydrogen-bond acceptors (Lipinski definition) is 6. The lowest BCUT2D eigenvalue weighted by Gasteiger charge is -2.35. The molecule has 0 saturated carbocycles. The summed E-state index contributed by atoms with van der Waals surface area (Å²) >= 11 is 9.56. The summed E-state index contributed by atoms with van der Waals surface area (Å²) in [5.74, 6) is -2.74. The fraction of sp³-hybridized carbons (Fsp3) is 0.529. The second-order valence-electron chi connectivity index (χ2n) is 5.94. The minimum atomic E-state index is -1.38. The molecule has 6 nitrogen and oxygen atoms in total. The highest BCUT2D eigenvalue weighted by Crippen LogP contribution is 2.46. The summed E-state index contributed by atoms with van der Waals surface area (Å²) < 4.78 is 21.5. The Hall–Kier alpha value is -1.15. The molecule has 2 rings (SSSR count). The van der Waals surface area contributed by atoms with Crippen LogP contribution < -0.4 is 0 Å². The van der Waals surface area contributed by atoms with Crippen LogP contribution in [0.5, 0.6) is 0 Å². The number of rotatable bonds is 5. The third-order valence-corrected chi connectivity index (χ3v) is 5.85. The Morgan fingerprint density at radius 3 is 1.88 bits per heavy atom. The van der Waals surface area contributed by atoms with Crippen LogP contribution in [0.25, 0.3) is 0 Å². The molecule has 1 unspecified atom stereocenters. The smallest absolute Gasteiger partial charge is 0.338 e. The van der Waals surface area contributed by atoms with Crippen LogP contribution in [0.2, 0.25) is 5.02 Å². The zero-order valence-electron chi connectivity index (χ0n) is 14.3. The van der Waals surface area contributed by atoms with Crippen molar-refractivity contribution in [2.45, 2.75) is 36.7 Å². The molecule has 0 aliphatic carbocycles. The van der Waals surface area contributed by atoms with Crippen molar-refractivity contribution in [3.05, 3.63) is 34.9 Å². The maximum atomic E-state index is 12.1. The maximum absolute atomic E-state index is 12.1. The Kier molecular flexibility index (Phi) is 6.48. The third kappa shape index (κ3) is 3.84. The minimum Gasteiger partial charge on any atom is -0.467 e. The minimum absolute atomic E-state index is 0.0605. The highest BCUT2D eigenvalue weighted by atomic mass is 79.9. The van der Waals surface area contributed by atoms with E-state index in [0.29, 0.717) is 10.6 Å². The SMILES string of the molecule is COC(=O)[C@@H]1OC(c2ccc(Cl)cc2)(C(Br)C(C)C)O[C@H]1C(=O)OC. The predicted molar refractivity (Wildman–Crippen MR) is 94.5 cm³/mol. The second-order valence-corrected chi connectivity index (χ2v) is 7.37. The molecule has 138 valence electrons. The number of halogens is 2. The molecule has 1 heterocycles. The lowest BCUT2D eigenvalue weighted by molar-refractivity contribution is -0.198. The van der Waals surface area contributed by atoms with Crippen LogP contribution in [0.3, 0.4) is 0 Å². The Morgan fingerprint density at radius 1 is 1.08 bits per heavy atom. The van der Waals surface area contributed by atoms with E-state index in [2.05, 4.69) is 15.9 Å². The number of esters is 2. The molecule has 1 fully saturated rings. The van der Waals surface area contributed by atoms with Crippen LogP contribution >= 0.6 is 27.5 Å². The number of methoxy groups -OCH3 is 2. The Labute approximate surface area is 159 Å². The zero-order valence-corrected chi connectivity index (χ0v) is 16.7. The number of hydrogen-bond donors (Lipinski definition) is 0. The molecule has 25 heavy (non-hydrogen) atoms. The van der Waals surface area contributed by atoms with E-state index in [4.69, 9.17) is 30.5 Å². The fourth-order valence-electron chi connectivity index (χ4n) is 2.65. The van der Waals surface area contributed by atoms with E-state index >= 15 is 0 Å². The summed E-state index contributed by atoms with van der Waals surface area (Å²) in [6.45, 7) is 3.92. The second kappa shape index (κ2) is 8.03. The van der Waals surface area contributed by atoms with Crippen molar-refractivity contribution >= 4 is 39.5 Å². The average Bonchev–Trinajstić information content (AvgIpc) is 3.02. The predicted octanol–water partition coefficient (Wildman–Crippen LogP) is 3.04. The van der Waals surface area contributed by atoms with Crippen molar-refractivity contribution in [1.29, 1.82) is 0 Å². The van der Waals surface area contributed by atoms with Crippen LogP contribution in [0.15, 0.2) is 24.3 Å². The van der Waals surface area contributed by atoms with Crippen LogP contribution in [-0.2, 0) is 34.3 Å². The van der Waals surface area contributed by atoms with Crippen molar-refractivity contribution in [3.8, 4) is 0 Å². The number of alkyl halides is 1. The van der Waals surface area contributed by atoms with Gasteiger partial charge < -0.3 is 18.9 Å². The fourth-order valence-corrected chi connectivity index (χ4v) is 3.26.